The van der Waals surface area contributed by atoms with Crippen LogP contribution in [0, 0.1) is 0 Å². The number of halogens is 3. The molecule has 3 aromatic heterocycles. The van der Waals surface area contributed by atoms with Crippen molar-refractivity contribution in [2.75, 3.05) is 36.0 Å². The molecule has 1 aliphatic rings. The third-order valence-electron chi connectivity index (χ3n) is 4.43. The van der Waals surface area contributed by atoms with Gasteiger partial charge in [0.2, 0.25) is 5.95 Å². The second kappa shape index (κ2) is 7.37. The smallest absolute Gasteiger partial charge is 0.353 e. The number of hydrogen-bond acceptors (Lipinski definition) is 7. The molecule has 0 radical (unpaired) electrons. The molecule has 0 unspecified atom stereocenters. The molecule has 0 bridgehead atoms. The molecule has 4 heterocycles. The number of hydrogen-bond donors (Lipinski definition) is 0. The van der Waals surface area contributed by atoms with Crippen molar-refractivity contribution in [3.8, 4) is 11.3 Å². The summed E-state index contributed by atoms with van der Waals surface area (Å²) in [7, 11) is 0. The van der Waals surface area contributed by atoms with Crippen LogP contribution in [-0.4, -0.2) is 51.1 Å². The van der Waals surface area contributed by atoms with Gasteiger partial charge in [-0.3, -0.25) is 4.98 Å². The molecule has 1 aliphatic heterocycles. The standard InChI is InChI=1S/C18H16F3N7/c19-18(20,21)15-10-16(25-12-24-15)27-6-8-28(9-7-27)17-23-5-3-14(26-17)13-2-1-4-22-11-13/h1-5,10-12H,6-9H2. The summed E-state index contributed by atoms with van der Waals surface area (Å²) in [5.41, 5.74) is 0.726. The van der Waals surface area contributed by atoms with Crippen molar-refractivity contribution in [1.29, 1.82) is 0 Å². The first kappa shape index (κ1) is 18.1. The molecule has 144 valence electrons. The highest BCUT2D eigenvalue weighted by molar-refractivity contribution is 5.59. The summed E-state index contributed by atoms with van der Waals surface area (Å²) in [5.74, 6) is 0.853. The molecule has 3 aromatic rings. The average molecular weight is 387 g/mol. The molecule has 0 saturated carbocycles. The second-order valence-electron chi connectivity index (χ2n) is 6.22. The molecule has 0 N–H and O–H groups in total. The zero-order chi connectivity index (χ0) is 19.6. The lowest BCUT2D eigenvalue weighted by Crippen LogP contribution is -2.47. The zero-order valence-electron chi connectivity index (χ0n) is 14.7. The zero-order valence-corrected chi connectivity index (χ0v) is 14.7. The SMILES string of the molecule is FC(F)(F)c1cc(N2CCN(c3nccc(-c4cccnc4)n3)CC2)ncn1. The highest BCUT2D eigenvalue weighted by Gasteiger charge is 2.33. The fraction of sp³-hybridized carbons (Fsp3) is 0.278. The molecule has 4 rings (SSSR count). The van der Waals surface area contributed by atoms with Gasteiger partial charge in [-0.25, -0.2) is 19.9 Å². The van der Waals surface area contributed by atoms with Crippen LogP contribution in [0.2, 0.25) is 0 Å². The Morgan fingerprint density at radius 3 is 2.39 bits per heavy atom. The van der Waals surface area contributed by atoms with Crippen LogP contribution in [0.5, 0.6) is 0 Å². The van der Waals surface area contributed by atoms with Crippen molar-refractivity contribution >= 4 is 11.8 Å². The van der Waals surface area contributed by atoms with Gasteiger partial charge in [-0.2, -0.15) is 13.2 Å². The van der Waals surface area contributed by atoms with Gasteiger partial charge in [0.25, 0.3) is 0 Å². The minimum absolute atomic E-state index is 0.270. The molecule has 0 amide bonds. The normalized spacial score (nSPS) is 15.0. The van der Waals surface area contributed by atoms with Crippen molar-refractivity contribution in [1.82, 2.24) is 24.9 Å². The maximum atomic E-state index is 12.9. The van der Waals surface area contributed by atoms with Gasteiger partial charge in [0.05, 0.1) is 5.69 Å². The molecule has 0 aromatic carbocycles. The number of piperazine rings is 1. The molecule has 1 fully saturated rings. The topological polar surface area (TPSA) is 70.9 Å². The van der Waals surface area contributed by atoms with E-state index in [1.807, 2.05) is 23.1 Å². The number of nitrogens with zero attached hydrogens (tertiary/aromatic N) is 7. The number of aromatic nitrogens is 5. The highest BCUT2D eigenvalue weighted by atomic mass is 19.4. The maximum absolute atomic E-state index is 12.9. The Morgan fingerprint density at radius 1 is 0.893 bits per heavy atom. The Morgan fingerprint density at radius 2 is 1.68 bits per heavy atom. The van der Waals surface area contributed by atoms with Crippen LogP contribution in [0.15, 0.2) is 49.2 Å². The summed E-state index contributed by atoms with van der Waals surface area (Å²) in [5, 5.41) is 0. The van der Waals surface area contributed by atoms with Crippen LogP contribution in [0.1, 0.15) is 5.69 Å². The number of alkyl halides is 3. The minimum Gasteiger partial charge on any atom is -0.353 e. The Hall–Kier alpha value is -3.30. The number of anilines is 2. The lowest BCUT2D eigenvalue weighted by molar-refractivity contribution is -0.141. The van der Waals surface area contributed by atoms with Crippen LogP contribution in [-0.2, 0) is 6.18 Å². The molecule has 0 aliphatic carbocycles. The quantitative estimate of drug-likeness (QED) is 0.684. The van der Waals surface area contributed by atoms with Crippen LogP contribution in [0.3, 0.4) is 0 Å². The van der Waals surface area contributed by atoms with Crippen molar-refractivity contribution in [2.45, 2.75) is 6.18 Å². The van der Waals surface area contributed by atoms with Crippen LogP contribution in [0.25, 0.3) is 11.3 Å². The Labute approximate surface area is 158 Å². The van der Waals surface area contributed by atoms with Gasteiger partial charge in [-0.15, -0.1) is 0 Å². The van der Waals surface area contributed by atoms with E-state index < -0.39 is 11.9 Å². The second-order valence-corrected chi connectivity index (χ2v) is 6.22. The molecule has 0 spiro atoms. The molecule has 10 heteroatoms. The van der Waals surface area contributed by atoms with E-state index in [2.05, 4.69) is 24.9 Å². The molecule has 28 heavy (non-hydrogen) atoms. The highest BCUT2D eigenvalue weighted by Crippen LogP contribution is 2.29. The van der Waals surface area contributed by atoms with E-state index in [9.17, 15) is 13.2 Å². The van der Waals surface area contributed by atoms with Gasteiger partial charge in [0, 0.05) is 56.4 Å². The number of rotatable bonds is 3. The Balaban J connectivity index is 1.46. The van der Waals surface area contributed by atoms with Crippen molar-refractivity contribution in [3.63, 3.8) is 0 Å². The van der Waals surface area contributed by atoms with E-state index in [0.29, 0.717) is 32.1 Å². The third kappa shape index (κ3) is 3.85. The maximum Gasteiger partial charge on any atom is 0.433 e. The van der Waals surface area contributed by atoms with Crippen molar-refractivity contribution in [2.24, 2.45) is 0 Å². The van der Waals surface area contributed by atoms with Crippen molar-refractivity contribution < 1.29 is 13.2 Å². The summed E-state index contributed by atoms with van der Waals surface area (Å²) in [6.07, 6.45) is 1.59. The summed E-state index contributed by atoms with van der Waals surface area (Å²) in [6.45, 7) is 2.16. The molecular formula is C18H16F3N7. The predicted octanol–water partition coefficient (Wildman–Crippen LogP) is 2.67. The summed E-state index contributed by atoms with van der Waals surface area (Å²) >= 11 is 0. The summed E-state index contributed by atoms with van der Waals surface area (Å²) in [6, 6.07) is 6.56. The largest absolute Gasteiger partial charge is 0.433 e. The lowest BCUT2D eigenvalue weighted by Gasteiger charge is -2.35. The molecular weight excluding hydrogens is 371 g/mol. The van der Waals surface area contributed by atoms with Gasteiger partial charge in [-0.05, 0) is 18.2 Å². The van der Waals surface area contributed by atoms with Gasteiger partial charge in [0.1, 0.15) is 17.8 Å². The predicted molar refractivity (Wildman–Crippen MR) is 96.7 cm³/mol. The summed E-state index contributed by atoms with van der Waals surface area (Å²) < 4.78 is 38.6. The summed E-state index contributed by atoms with van der Waals surface area (Å²) in [4.78, 5) is 24.1. The van der Waals surface area contributed by atoms with Crippen LogP contribution in [0.4, 0.5) is 24.9 Å². The first-order chi connectivity index (χ1) is 13.5. The first-order valence-electron chi connectivity index (χ1n) is 8.63. The van der Waals surface area contributed by atoms with Crippen LogP contribution >= 0.6 is 0 Å². The fourth-order valence-corrected chi connectivity index (χ4v) is 2.99. The van der Waals surface area contributed by atoms with Crippen LogP contribution < -0.4 is 9.80 Å². The van der Waals surface area contributed by atoms with Gasteiger partial charge in [0.15, 0.2) is 0 Å². The molecule has 1 saturated heterocycles. The van der Waals surface area contributed by atoms with Crippen molar-refractivity contribution in [3.05, 3.63) is 54.9 Å². The first-order valence-corrected chi connectivity index (χ1v) is 8.63. The van der Waals surface area contributed by atoms with E-state index >= 15 is 0 Å². The van der Waals surface area contributed by atoms with E-state index in [1.165, 1.54) is 0 Å². The Bertz CT molecular complexity index is 941. The van der Waals surface area contributed by atoms with E-state index in [4.69, 9.17) is 0 Å². The minimum atomic E-state index is -4.49. The molecule has 0 atom stereocenters. The van der Waals surface area contributed by atoms with Gasteiger partial charge >= 0.3 is 6.18 Å². The Kier molecular flexibility index (Phi) is 4.76. The third-order valence-corrected chi connectivity index (χ3v) is 4.43. The average Bonchev–Trinajstić information content (AvgIpc) is 2.74. The van der Waals surface area contributed by atoms with E-state index in [-0.39, 0.29) is 5.82 Å². The van der Waals surface area contributed by atoms with E-state index in [0.717, 1.165) is 23.7 Å². The monoisotopic (exact) mass is 387 g/mol. The van der Waals surface area contributed by atoms with Gasteiger partial charge < -0.3 is 9.80 Å². The fourth-order valence-electron chi connectivity index (χ4n) is 2.99. The number of pyridine rings is 1. The molecule has 7 nitrogen and oxygen atoms in total. The van der Waals surface area contributed by atoms with Gasteiger partial charge in [-0.1, -0.05) is 0 Å². The van der Waals surface area contributed by atoms with E-state index in [1.54, 1.807) is 23.5 Å². The lowest BCUT2D eigenvalue weighted by atomic mass is 10.2.